The number of fused-ring (bicyclic) bond motifs is 1. The van der Waals surface area contributed by atoms with Crippen LogP contribution in [0.3, 0.4) is 0 Å². The molecule has 0 aliphatic carbocycles. The molecule has 0 spiro atoms. The summed E-state index contributed by atoms with van der Waals surface area (Å²) in [5.41, 5.74) is -0.732. The summed E-state index contributed by atoms with van der Waals surface area (Å²) in [5.74, 6) is -2.74. The Morgan fingerprint density at radius 1 is 1.08 bits per heavy atom. The Labute approximate surface area is 139 Å². The van der Waals surface area contributed by atoms with Crippen molar-refractivity contribution in [1.29, 1.82) is 0 Å². The van der Waals surface area contributed by atoms with E-state index in [9.17, 15) is 23.2 Å². The number of carbonyl (C=O) groups excluding carboxylic acids is 1. The fourth-order valence-electron chi connectivity index (χ4n) is 2.51. The molecular weight excluding hydrogens is 332 g/mol. The van der Waals surface area contributed by atoms with Gasteiger partial charge in [-0.25, -0.2) is 13.6 Å². The summed E-state index contributed by atoms with van der Waals surface area (Å²) in [6.45, 7) is -0.382. The van der Waals surface area contributed by atoms with Crippen LogP contribution in [0.4, 0.5) is 14.5 Å². The predicted molar refractivity (Wildman–Crippen MR) is 88.4 cm³/mol. The number of aromatic nitrogens is 2. The summed E-state index contributed by atoms with van der Waals surface area (Å²) in [6.07, 6.45) is 0. The Hall–Kier alpha value is -3.29. The lowest BCUT2D eigenvalue weighted by molar-refractivity contribution is -0.116. The molecule has 0 unspecified atom stereocenters. The second-order valence-electron chi connectivity index (χ2n) is 5.43. The Kier molecular flexibility index (Phi) is 4.18. The van der Waals surface area contributed by atoms with Gasteiger partial charge in [-0.05, 0) is 24.3 Å². The molecule has 1 N–H and O–H groups in total. The van der Waals surface area contributed by atoms with Crippen LogP contribution in [-0.2, 0) is 18.4 Å². The van der Waals surface area contributed by atoms with E-state index in [-0.39, 0.29) is 12.2 Å². The maximum Gasteiger partial charge on any atom is 0.331 e. The van der Waals surface area contributed by atoms with Crippen molar-refractivity contribution in [3.63, 3.8) is 0 Å². The largest absolute Gasteiger partial charge is 0.331 e. The molecule has 3 rings (SSSR count). The Balaban J connectivity index is 1.97. The maximum absolute atomic E-state index is 13.2. The molecule has 0 aliphatic heterocycles. The van der Waals surface area contributed by atoms with Crippen molar-refractivity contribution in [1.82, 2.24) is 9.13 Å². The van der Waals surface area contributed by atoms with Crippen molar-refractivity contribution in [2.24, 2.45) is 7.05 Å². The smallest absolute Gasteiger partial charge is 0.324 e. The van der Waals surface area contributed by atoms with Crippen LogP contribution in [0.1, 0.15) is 0 Å². The Morgan fingerprint density at radius 2 is 1.80 bits per heavy atom. The second-order valence-corrected chi connectivity index (χ2v) is 5.43. The number of amides is 1. The normalized spacial score (nSPS) is 10.8. The Morgan fingerprint density at radius 3 is 2.52 bits per heavy atom. The van der Waals surface area contributed by atoms with Crippen LogP contribution in [0.5, 0.6) is 0 Å². The van der Waals surface area contributed by atoms with E-state index in [0.29, 0.717) is 10.9 Å². The quantitative estimate of drug-likeness (QED) is 0.784. The van der Waals surface area contributed by atoms with E-state index in [2.05, 4.69) is 5.32 Å². The molecule has 6 nitrogen and oxygen atoms in total. The van der Waals surface area contributed by atoms with E-state index in [1.54, 1.807) is 24.3 Å². The summed E-state index contributed by atoms with van der Waals surface area (Å²) >= 11 is 0. The van der Waals surface area contributed by atoms with Gasteiger partial charge in [0, 0.05) is 18.8 Å². The van der Waals surface area contributed by atoms with Crippen LogP contribution in [0.2, 0.25) is 0 Å². The third kappa shape index (κ3) is 3.06. The minimum Gasteiger partial charge on any atom is -0.324 e. The number of rotatable bonds is 3. The number of carbonyl (C=O) groups is 1. The number of nitrogens with one attached hydrogen (secondary N) is 1. The first-order chi connectivity index (χ1) is 11.9. The number of para-hydroxylation sites is 1. The maximum atomic E-state index is 13.2. The van der Waals surface area contributed by atoms with Crippen LogP contribution in [0, 0.1) is 11.6 Å². The molecule has 0 bridgehead atoms. The SMILES string of the molecule is Cn1c(=O)c2ccccc2n(CC(=O)Nc2ccc(F)c(F)c2)c1=O. The van der Waals surface area contributed by atoms with Crippen LogP contribution in [0.25, 0.3) is 10.9 Å². The second kappa shape index (κ2) is 6.31. The summed E-state index contributed by atoms with van der Waals surface area (Å²) < 4.78 is 28.2. The lowest BCUT2D eigenvalue weighted by atomic mass is 10.2. The molecule has 0 saturated heterocycles. The third-order valence-corrected chi connectivity index (χ3v) is 3.75. The van der Waals surface area contributed by atoms with Crippen molar-refractivity contribution in [2.75, 3.05) is 5.32 Å². The summed E-state index contributed by atoms with van der Waals surface area (Å²) in [5, 5.41) is 2.69. The van der Waals surface area contributed by atoms with Gasteiger partial charge in [0.2, 0.25) is 5.91 Å². The van der Waals surface area contributed by atoms with Gasteiger partial charge in [-0.1, -0.05) is 12.1 Å². The van der Waals surface area contributed by atoms with Crippen LogP contribution < -0.4 is 16.6 Å². The first-order valence-corrected chi connectivity index (χ1v) is 7.32. The zero-order chi connectivity index (χ0) is 18.1. The molecule has 0 saturated carbocycles. The fraction of sp³-hybridized carbons (Fsp3) is 0.118. The van der Waals surface area contributed by atoms with Crippen molar-refractivity contribution < 1.29 is 13.6 Å². The van der Waals surface area contributed by atoms with Crippen molar-refractivity contribution >= 4 is 22.5 Å². The van der Waals surface area contributed by atoms with Gasteiger partial charge in [0.25, 0.3) is 5.56 Å². The van der Waals surface area contributed by atoms with E-state index in [1.807, 2.05) is 0 Å². The van der Waals surface area contributed by atoms with Crippen LogP contribution in [0.15, 0.2) is 52.1 Å². The lowest BCUT2D eigenvalue weighted by Gasteiger charge is -2.12. The first kappa shape index (κ1) is 16.6. The molecule has 1 heterocycles. The molecular formula is C17H13F2N3O3. The summed E-state index contributed by atoms with van der Waals surface area (Å²) in [4.78, 5) is 36.6. The van der Waals surface area contributed by atoms with Gasteiger partial charge in [-0.3, -0.25) is 18.7 Å². The minimum atomic E-state index is -1.09. The van der Waals surface area contributed by atoms with Crippen LogP contribution >= 0.6 is 0 Å². The number of hydrogen-bond donors (Lipinski definition) is 1. The molecule has 25 heavy (non-hydrogen) atoms. The van der Waals surface area contributed by atoms with Gasteiger partial charge in [0.15, 0.2) is 11.6 Å². The number of hydrogen-bond acceptors (Lipinski definition) is 3. The van der Waals surface area contributed by atoms with E-state index in [4.69, 9.17) is 0 Å². The van der Waals surface area contributed by atoms with E-state index >= 15 is 0 Å². The average Bonchev–Trinajstić information content (AvgIpc) is 2.60. The van der Waals surface area contributed by atoms with Crippen molar-refractivity contribution in [2.45, 2.75) is 6.54 Å². The van der Waals surface area contributed by atoms with Gasteiger partial charge < -0.3 is 5.32 Å². The molecule has 2 aromatic carbocycles. The van der Waals surface area contributed by atoms with Gasteiger partial charge in [0.1, 0.15) is 6.54 Å². The lowest BCUT2D eigenvalue weighted by Crippen LogP contribution is -2.40. The molecule has 0 fully saturated rings. The molecule has 128 valence electrons. The van der Waals surface area contributed by atoms with Crippen LogP contribution in [-0.4, -0.2) is 15.0 Å². The highest BCUT2D eigenvalue weighted by atomic mass is 19.2. The molecule has 0 atom stereocenters. The number of anilines is 1. The van der Waals surface area contributed by atoms with Gasteiger partial charge in [0.05, 0.1) is 10.9 Å². The monoisotopic (exact) mass is 345 g/mol. The van der Waals surface area contributed by atoms with Gasteiger partial charge in [-0.15, -0.1) is 0 Å². The zero-order valence-electron chi connectivity index (χ0n) is 13.1. The van der Waals surface area contributed by atoms with E-state index in [1.165, 1.54) is 13.1 Å². The molecule has 8 heteroatoms. The molecule has 3 aromatic rings. The topological polar surface area (TPSA) is 73.1 Å². The highest BCUT2D eigenvalue weighted by Gasteiger charge is 2.14. The molecule has 0 radical (unpaired) electrons. The number of halogens is 2. The highest BCUT2D eigenvalue weighted by Crippen LogP contribution is 2.13. The minimum absolute atomic E-state index is 0.0612. The first-order valence-electron chi connectivity index (χ1n) is 7.32. The molecule has 0 aliphatic rings. The Bertz CT molecular complexity index is 1100. The predicted octanol–water partition coefficient (Wildman–Crippen LogP) is 1.62. The highest BCUT2D eigenvalue weighted by molar-refractivity contribution is 5.91. The zero-order valence-corrected chi connectivity index (χ0v) is 13.1. The standard InChI is InChI=1S/C17H13F2N3O3/c1-21-16(24)11-4-2-3-5-14(11)22(17(21)25)9-15(23)20-10-6-7-12(18)13(19)8-10/h2-8H,9H2,1H3,(H,20,23). The molecule has 1 aromatic heterocycles. The summed E-state index contributed by atoms with van der Waals surface area (Å²) in [7, 11) is 1.32. The van der Waals surface area contributed by atoms with Crippen molar-refractivity contribution in [3.8, 4) is 0 Å². The third-order valence-electron chi connectivity index (χ3n) is 3.75. The van der Waals surface area contributed by atoms with Crippen molar-refractivity contribution in [3.05, 3.63) is 74.9 Å². The van der Waals surface area contributed by atoms with E-state index in [0.717, 1.165) is 21.3 Å². The van der Waals surface area contributed by atoms with Gasteiger partial charge in [-0.2, -0.15) is 0 Å². The van der Waals surface area contributed by atoms with E-state index < -0.39 is 28.8 Å². The summed E-state index contributed by atoms with van der Waals surface area (Å²) in [6, 6.07) is 9.35. The fourth-order valence-corrected chi connectivity index (χ4v) is 2.51. The molecule has 1 amide bonds. The number of nitrogens with zero attached hydrogens (tertiary/aromatic N) is 2. The average molecular weight is 345 g/mol. The van der Waals surface area contributed by atoms with Gasteiger partial charge >= 0.3 is 5.69 Å². The number of benzene rings is 2.